The number of morpholine rings is 2. The van der Waals surface area contributed by atoms with E-state index in [4.69, 9.17) is 9.47 Å². The van der Waals surface area contributed by atoms with Crippen molar-refractivity contribution in [2.45, 2.75) is 51.2 Å². The summed E-state index contributed by atoms with van der Waals surface area (Å²) < 4.78 is 11.7. The van der Waals surface area contributed by atoms with Crippen LogP contribution in [0, 0.1) is 0 Å². The summed E-state index contributed by atoms with van der Waals surface area (Å²) >= 11 is 0. The number of β-amino-alcohol motifs (C(OH)–C–C–N with tert-alkyl or cyclic N) is 1. The predicted octanol–water partition coefficient (Wildman–Crippen LogP) is 1.92. The molecule has 0 amide bonds. The Balaban J connectivity index is 1.60. The van der Waals surface area contributed by atoms with Gasteiger partial charge in [-0.05, 0) is 26.3 Å². The van der Waals surface area contributed by atoms with Crippen LogP contribution in [-0.2, 0) is 9.47 Å². The zero-order valence-corrected chi connectivity index (χ0v) is 15.7. The zero-order valence-electron chi connectivity index (χ0n) is 15.7. The number of ether oxygens (including phenoxy) is 2. The Bertz CT molecular complexity index is 517. The van der Waals surface area contributed by atoms with Crippen LogP contribution in [0.15, 0.2) is 30.3 Å². The maximum absolute atomic E-state index is 10.7. The standard InChI is InChI=1S/C20H32N2O3/c1-15-11-22(20(14-24-15)18-7-5-4-6-8-18)13-19(23)12-21-9-16(2)25-17(3)10-21/h4-8,15-17,19-20,23H,9-14H2,1-3H3. The molecule has 0 spiro atoms. The van der Waals surface area contributed by atoms with Crippen LogP contribution in [0.5, 0.6) is 0 Å². The fraction of sp³-hybridized carbons (Fsp3) is 0.700. The fourth-order valence-corrected chi connectivity index (χ4v) is 4.11. The molecular formula is C20H32N2O3. The summed E-state index contributed by atoms with van der Waals surface area (Å²) in [7, 11) is 0. The third-order valence-corrected chi connectivity index (χ3v) is 5.06. The molecule has 2 heterocycles. The van der Waals surface area contributed by atoms with Gasteiger partial charge in [-0.15, -0.1) is 0 Å². The summed E-state index contributed by atoms with van der Waals surface area (Å²) in [6.45, 7) is 11.0. The molecule has 5 unspecified atom stereocenters. The van der Waals surface area contributed by atoms with Crippen LogP contribution < -0.4 is 0 Å². The van der Waals surface area contributed by atoms with Gasteiger partial charge >= 0.3 is 0 Å². The van der Waals surface area contributed by atoms with E-state index in [1.54, 1.807) is 0 Å². The monoisotopic (exact) mass is 348 g/mol. The Labute approximate surface area is 151 Å². The SMILES string of the molecule is CC1CN(CC(O)CN2CC(C)OC(C)C2)C(c2ccccc2)CO1. The van der Waals surface area contributed by atoms with E-state index in [9.17, 15) is 5.11 Å². The second-order valence-corrected chi connectivity index (χ2v) is 7.65. The van der Waals surface area contributed by atoms with Crippen molar-refractivity contribution in [1.82, 2.24) is 9.80 Å². The first kappa shape index (κ1) is 18.8. The molecule has 0 saturated carbocycles. The van der Waals surface area contributed by atoms with Gasteiger partial charge in [0, 0.05) is 32.7 Å². The van der Waals surface area contributed by atoms with Crippen LogP contribution >= 0.6 is 0 Å². The highest BCUT2D eigenvalue weighted by molar-refractivity contribution is 5.19. The molecular weight excluding hydrogens is 316 g/mol. The maximum atomic E-state index is 10.7. The highest BCUT2D eigenvalue weighted by Crippen LogP contribution is 2.26. The molecule has 1 aromatic carbocycles. The van der Waals surface area contributed by atoms with Gasteiger partial charge in [0.2, 0.25) is 0 Å². The molecule has 0 bridgehead atoms. The Kier molecular flexibility index (Phi) is 6.47. The molecule has 140 valence electrons. The van der Waals surface area contributed by atoms with E-state index in [2.05, 4.69) is 54.8 Å². The lowest BCUT2D eigenvalue weighted by atomic mass is 10.0. The van der Waals surface area contributed by atoms with Crippen molar-refractivity contribution < 1.29 is 14.6 Å². The van der Waals surface area contributed by atoms with Crippen LogP contribution in [0.2, 0.25) is 0 Å². The van der Waals surface area contributed by atoms with Gasteiger partial charge in [-0.25, -0.2) is 0 Å². The van der Waals surface area contributed by atoms with Crippen LogP contribution in [0.3, 0.4) is 0 Å². The summed E-state index contributed by atoms with van der Waals surface area (Å²) in [4.78, 5) is 4.70. The second-order valence-electron chi connectivity index (χ2n) is 7.65. The van der Waals surface area contributed by atoms with Crippen LogP contribution in [0.1, 0.15) is 32.4 Å². The number of aliphatic hydroxyl groups excluding tert-OH is 1. The van der Waals surface area contributed by atoms with Gasteiger partial charge in [-0.3, -0.25) is 9.80 Å². The average molecular weight is 348 g/mol. The van der Waals surface area contributed by atoms with Crippen LogP contribution in [-0.4, -0.2) is 78.7 Å². The van der Waals surface area contributed by atoms with Crippen molar-refractivity contribution in [2.24, 2.45) is 0 Å². The average Bonchev–Trinajstić information content (AvgIpc) is 2.54. The van der Waals surface area contributed by atoms with E-state index in [-0.39, 0.29) is 30.5 Å². The van der Waals surface area contributed by atoms with Crippen molar-refractivity contribution in [3.63, 3.8) is 0 Å². The van der Waals surface area contributed by atoms with Gasteiger partial charge in [0.05, 0.1) is 37.1 Å². The highest BCUT2D eigenvalue weighted by atomic mass is 16.5. The van der Waals surface area contributed by atoms with Crippen molar-refractivity contribution in [1.29, 1.82) is 0 Å². The molecule has 0 aromatic heterocycles. The van der Waals surface area contributed by atoms with Gasteiger partial charge in [0.15, 0.2) is 0 Å². The summed E-state index contributed by atoms with van der Waals surface area (Å²) in [5.74, 6) is 0. The fourth-order valence-electron chi connectivity index (χ4n) is 4.11. The minimum absolute atomic E-state index is 0.204. The molecule has 3 rings (SSSR count). The van der Waals surface area contributed by atoms with Crippen molar-refractivity contribution >= 4 is 0 Å². The summed E-state index contributed by atoms with van der Waals surface area (Å²) in [6, 6.07) is 10.7. The third kappa shape index (κ3) is 5.25. The van der Waals surface area contributed by atoms with E-state index in [1.165, 1.54) is 5.56 Å². The van der Waals surface area contributed by atoms with E-state index in [1.807, 2.05) is 6.07 Å². The minimum Gasteiger partial charge on any atom is -0.390 e. The Morgan fingerprint density at radius 1 is 1.00 bits per heavy atom. The summed E-state index contributed by atoms with van der Waals surface area (Å²) in [6.07, 6.45) is 0.303. The molecule has 5 heteroatoms. The minimum atomic E-state index is -0.367. The Hall–Kier alpha value is -0.980. The molecule has 0 aliphatic carbocycles. The molecule has 5 atom stereocenters. The molecule has 2 aliphatic rings. The smallest absolute Gasteiger partial charge is 0.0794 e. The lowest BCUT2D eigenvalue weighted by Crippen LogP contribution is -2.51. The predicted molar refractivity (Wildman–Crippen MR) is 98.6 cm³/mol. The van der Waals surface area contributed by atoms with Crippen molar-refractivity contribution in [2.75, 3.05) is 39.3 Å². The number of hydrogen-bond donors (Lipinski definition) is 1. The molecule has 2 saturated heterocycles. The first-order valence-electron chi connectivity index (χ1n) is 9.47. The molecule has 1 aromatic rings. The normalized spacial score (nSPS) is 33.3. The van der Waals surface area contributed by atoms with E-state index in [0.717, 1.165) is 19.6 Å². The largest absolute Gasteiger partial charge is 0.390 e. The first-order valence-corrected chi connectivity index (χ1v) is 9.47. The zero-order chi connectivity index (χ0) is 17.8. The topological polar surface area (TPSA) is 45.2 Å². The van der Waals surface area contributed by atoms with Gasteiger partial charge in [-0.1, -0.05) is 30.3 Å². The molecule has 2 fully saturated rings. The quantitative estimate of drug-likeness (QED) is 0.881. The highest BCUT2D eigenvalue weighted by Gasteiger charge is 2.30. The van der Waals surface area contributed by atoms with E-state index < -0.39 is 0 Å². The van der Waals surface area contributed by atoms with Gasteiger partial charge < -0.3 is 14.6 Å². The Morgan fingerprint density at radius 3 is 2.36 bits per heavy atom. The second kappa shape index (κ2) is 8.60. The lowest BCUT2D eigenvalue weighted by Gasteiger charge is -2.41. The lowest BCUT2D eigenvalue weighted by molar-refractivity contribution is -0.0895. The number of benzene rings is 1. The number of aliphatic hydroxyl groups is 1. The molecule has 2 aliphatic heterocycles. The van der Waals surface area contributed by atoms with Gasteiger partial charge in [0.25, 0.3) is 0 Å². The van der Waals surface area contributed by atoms with Crippen LogP contribution in [0.25, 0.3) is 0 Å². The number of hydrogen-bond acceptors (Lipinski definition) is 5. The van der Waals surface area contributed by atoms with Crippen LogP contribution in [0.4, 0.5) is 0 Å². The van der Waals surface area contributed by atoms with Gasteiger partial charge in [-0.2, -0.15) is 0 Å². The number of nitrogens with zero attached hydrogens (tertiary/aromatic N) is 2. The summed E-state index contributed by atoms with van der Waals surface area (Å²) in [5.41, 5.74) is 1.26. The maximum Gasteiger partial charge on any atom is 0.0794 e. The molecule has 0 radical (unpaired) electrons. The van der Waals surface area contributed by atoms with E-state index in [0.29, 0.717) is 19.7 Å². The summed E-state index contributed by atoms with van der Waals surface area (Å²) in [5, 5.41) is 10.7. The first-order chi connectivity index (χ1) is 12.0. The Morgan fingerprint density at radius 2 is 1.68 bits per heavy atom. The third-order valence-electron chi connectivity index (χ3n) is 5.06. The number of rotatable bonds is 5. The van der Waals surface area contributed by atoms with Crippen molar-refractivity contribution in [3.8, 4) is 0 Å². The van der Waals surface area contributed by atoms with E-state index >= 15 is 0 Å². The molecule has 25 heavy (non-hydrogen) atoms. The molecule has 1 N–H and O–H groups in total. The van der Waals surface area contributed by atoms with Gasteiger partial charge in [0.1, 0.15) is 0 Å². The van der Waals surface area contributed by atoms with Crippen molar-refractivity contribution in [3.05, 3.63) is 35.9 Å². The molecule has 5 nitrogen and oxygen atoms in total.